The molecular weight excluding hydrogens is 230 g/mol. The van der Waals surface area contributed by atoms with Crippen molar-refractivity contribution in [2.75, 3.05) is 6.54 Å². The van der Waals surface area contributed by atoms with Gasteiger partial charge in [0.15, 0.2) is 5.12 Å². The van der Waals surface area contributed by atoms with Crippen LogP contribution in [-0.4, -0.2) is 33.4 Å². The average molecular weight is 247 g/mol. The third-order valence-electron chi connectivity index (χ3n) is 1.70. The number of thioether (sulfide) groups is 1. The van der Waals surface area contributed by atoms with Gasteiger partial charge in [0.25, 0.3) is 0 Å². The van der Waals surface area contributed by atoms with Crippen LogP contribution in [0.2, 0.25) is 0 Å². The second-order valence-corrected chi connectivity index (χ2v) is 5.80. The number of nitrogens with one attached hydrogen (secondary N) is 1. The lowest BCUT2D eigenvalue weighted by Gasteiger charge is -2.22. The Bertz CT molecular complexity index is 289. The third kappa shape index (κ3) is 8.28. The van der Waals surface area contributed by atoms with E-state index >= 15 is 0 Å². The van der Waals surface area contributed by atoms with Crippen LogP contribution in [0.5, 0.6) is 0 Å². The molecule has 5 nitrogen and oxygen atoms in total. The summed E-state index contributed by atoms with van der Waals surface area (Å²) in [6, 6.07) is 0. The number of amides is 1. The van der Waals surface area contributed by atoms with Crippen molar-refractivity contribution in [1.29, 1.82) is 0 Å². The Labute approximate surface area is 99.0 Å². The Kier molecular flexibility index (Phi) is 6.10. The first kappa shape index (κ1) is 15.0. The van der Waals surface area contributed by atoms with Gasteiger partial charge in [-0.3, -0.25) is 14.4 Å². The van der Waals surface area contributed by atoms with E-state index in [-0.39, 0.29) is 23.9 Å². The molecule has 0 aromatic heterocycles. The Morgan fingerprint density at radius 3 is 2.25 bits per heavy atom. The smallest absolute Gasteiger partial charge is 0.303 e. The van der Waals surface area contributed by atoms with E-state index in [0.29, 0.717) is 6.54 Å². The number of carbonyl (C=O) groups excluding carboxylic acids is 2. The number of aliphatic carboxylic acids is 1. The summed E-state index contributed by atoms with van der Waals surface area (Å²) in [6.07, 6.45) is -0.133. The Hall–Kier alpha value is -1.04. The molecule has 0 fully saturated rings. The van der Waals surface area contributed by atoms with Gasteiger partial charge in [-0.2, -0.15) is 0 Å². The lowest BCUT2D eigenvalue weighted by Crippen LogP contribution is -2.35. The van der Waals surface area contributed by atoms with Gasteiger partial charge in [0.2, 0.25) is 5.91 Å². The summed E-state index contributed by atoms with van der Waals surface area (Å²) in [5.41, 5.74) is 0. The maximum Gasteiger partial charge on any atom is 0.303 e. The first-order valence-electron chi connectivity index (χ1n) is 4.91. The van der Waals surface area contributed by atoms with Crippen LogP contribution in [-0.2, 0) is 14.4 Å². The number of carboxylic acids is 1. The first-order valence-corrected chi connectivity index (χ1v) is 5.72. The van der Waals surface area contributed by atoms with Crippen molar-refractivity contribution in [1.82, 2.24) is 5.32 Å². The maximum atomic E-state index is 11.4. The summed E-state index contributed by atoms with van der Waals surface area (Å²) in [6.45, 7) is 5.44. The molecule has 0 aromatic rings. The molecule has 0 radical (unpaired) electrons. The van der Waals surface area contributed by atoms with Gasteiger partial charge in [-0.05, 0) is 13.8 Å². The van der Waals surface area contributed by atoms with E-state index in [9.17, 15) is 14.4 Å². The molecule has 0 atom stereocenters. The van der Waals surface area contributed by atoms with Gasteiger partial charge >= 0.3 is 5.97 Å². The third-order valence-corrected chi connectivity index (χ3v) is 2.82. The fourth-order valence-corrected chi connectivity index (χ4v) is 1.91. The first-order chi connectivity index (χ1) is 7.23. The van der Waals surface area contributed by atoms with Crippen molar-refractivity contribution in [3.63, 3.8) is 0 Å². The molecule has 0 saturated heterocycles. The number of hydrogen-bond acceptors (Lipinski definition) is 4. The summed E-state index contributed by atoms with van der Waals surface area (Å²) in [5.74, 6) is -1.12. The van der Waals surface area contributed by atoms with Crippen LogP contribution < -0.4 is 5.32 Å². The standard InChI is InChI=1S/C10H17NO4S/c1-7(12)11-6-10(2,3)16-9(15)5-4-8(13)14/h4-6H2,1-3H3,(H,11,12)(H,13,14). The van der Waals surface area contributed by atoms with E-state index < -0.39 is 10.7 Å². The topological polar surface area (TPSA) is 83.5 Å². The van der Waals surface area contributed by atoms with Crippen LogP contribution in [0.1, 0.15) is 33.6 Å². The zero-order valence-corrected chi connectivity index (χ0v) is 10.5. The van der Waals surface area contributed by atoms with E-state index in [4.69, 9.17) is 5.11 Å². The predicted octanol–water partition coefficient (Wildman–Crippen LogP) is 1.03. The second-order valence-electron chi connectivity index (χ2n) is 4.04. The summed E-state index contributed by atoms with van der Waals surface area (Å²) in [4.78, 5) is 32.4. The molecule has 0 bridgehead atoms. The SMILES string of the molecule is CC(=O)NCC(C)(C)SC(=O)CCC(=O)O. The van der Waals surface area contributed by atoms with E-state index in [2.05, 4.69) is 5.32 Å². The molecule has 92 valence electrons. The van der Waals surface area contributed by atoms with Crippen molar-refractivity contribution in [2.45, 2.75) is 38.4 Å². The Morgan fingerprint density at radius 2 is 1.81 bits per heavy atom. The Morgan fingerprint density at radius 1 is 1.25 bits per heavy atom. The van der Waals surface area contributed by atoms with Crippen LogP contribution in [0.4, 0.5) is 0 Å². The highest BCUT2D eigenvalue weighted by molar-refractivity contribution is 8.14. The molecule has 0 rings (SSSR count). The lowest BCUT2D eigenvalue weighted by molar-refractivity contribution is -0.138. The van der Waals surface area contributed by atoms with Crippen LogP contribution >= 0.6 is 11.8 Å². The monoisotopic (exact) mass is 247 g/mol. The van der Waals surface area contributed by atoms with Gasteiger partial charge in [0.05, 0.1) is 6.42 Å². The predicted molar refractivity (Wildman–Crippen MR) is 62.2 cm³/mol. The molecule has 16 heavy (non-hydrogen) atoms. The van der Waals surface area contributed by atoms with E-state index in [1.54, 1.807) is 0 Å². The average Bonchev–Trinajstić information content (AvgIpc) is 2.11. The van der Waals surface area contributed by atoms with Crippen LogP contribution in [0, 0.1) is 0 Å². The summed E-state index contributed by atoms with van der Waals surface area (Å²) >= 11 is 1.07. The molecule has 6 heteroatoms. The normalized spacial score (nSPS) is 10.9. The quantitative estimate of drug-likeness (QED) is 0.732. The molecule has 1 amide bonds. The van der Waals surface area contributed by atoms with E-state index in [1.165, 1.54) is 6.92 Å². The number of carboxylic acid groups (broad SMARTS) is 1. The molecule has 0 heterocycles. The van der Waals surface area contributed by atoms with E-state index in [0.717, 1.165) is 11.8 Å². The molecular formula is C10H17NO4S. The van der Waals surface area contributed by atoms with Gasteiger partial charge < -0.3 is 10.4 Å². The minimum atomic E-state index is -0.978. The summed E-state index contributed by atoms with van der Waals surface area (Å²) in [7, 11) is 0. The second kappa shape index (κ2) is 6.52. The van der Waals surface area contributed by atoms with Crippen molar-refractivity contribution in [3.8, 4) is 0 Å². The molecule has 0 saturated carbocycles. The number of hydrogen-bond donors (Lipinski definition) is 2. The van der Waals surface area contributed by atoms with Gasteiger partial charge in [-0.1, -0.05) is 11.8 Å². The fourth-order valence-electron chi connectivity index (χ4n) is 0.942. The summed E-state index contributed by atoms with van der Waals surface area (Å²) in [5, 5.41) is 10.9. The zero-order valence-electron chi connectivity index (χ0n) is 9.70. The van der Waals surface area contributed by atoms with Gasteiger partial charge in [-0.15, -0.1) is 0 Å². The van der Waals surface area contributed by atoms with Gasteiger partial charge in [0.1, 0.15) is 0 Å². The molecule has 0 aromatic carbocycles. The number of carbonyl (C=O) groups is 3. The largest absolute Gasteiger partial charge is 0.481 e. The molecule has 2 N–H and O–H groups in total. The molecule has 0 aliphatic carbocycles. The zero-order chi connectivity index (χ0) is 12.8. The lowest BCUT2D eigenvalue weighted by atomic mass is 10.2. The minimum Gasteiger partial charge on any atom is -0.481 e. The van der Waals surface area contributed by atoms with Crippen molar-refractivity contribution < 1.29 is 19.5 Å². The van der Waals surface area contributed by atoms with Crippen LogP contribution in [0.25, 0.3) is 0 Å². The maximum absolute atomic E-state index is 11.4. The summed E-state index contributed by atoms with van der Waals surface area (Å²) < 4.78 is -0.415. The highest BCUT2D eigenvalue weighted by Gasteiger charge is 2.23. The minimum absolute atomic E-state index is 0.0174. The van der Waals surface area contributed by atoms with Crippen molar-refractivity contribution in [3.05, 3.63) is 0 Å². The molecule has 0 spiro atoms. The van der Waals surface area contributed by atoms with Crippen LogP contribution in [0.3, 0.4) is 0 Å². The fraction of sp³-hybridized carbons (Fsp3) is 0.700. The van der Waals surface area contributed by atoms with Gasteiger partial charge in [-0.25, -0.2) is 0 Å². The van der Waals surface area contributed by atoms with Crippen molar-refractivity contribution >= 4 is 28.8 Å². The highest BCUT2D eigenvalue weighted by atomic mass is 32.2. The Balaban J connectivity index is 3.99. The van der Waals surface area contributed by atoms with E-state index in [1.807, 2.05) is 13.8 Å². The number of rotatable bonds is 6. The molecule has 0 aliphatic rings. The molecule has 0 unspecified atom stereocenters. The van der Waals surface area contributed by atoms with Gasteiger partial charge in [0, 0.05) is 24.6 Å². The highest BCUT2D eigenvalue weighted by Crippen LogP contribution is 2.25. The van der Waals surface area contributed by atoms with Crippen LogP contribution in [0.15, 0.2) is 0 Å². The molecule has 0 aliphatic heterocycles. The van der Waals surface area contributed by atoms with Crippen molar-refractivity contribution in [2.24, 2.45) is 0 Å².